The Balaban J connectivity index is 2.80. The minimum Gasteiger partial charge on any atom is -0.370 e. The summed E-state index contributed by atoms with van der Waals surface area (Å²) in [4.78, 5) is 45.8. The maximum atomic E-state index is 12.2. The number of carbonyl (C=O) groups excluding carboxylic acids is 4. The van der Waals surface area contributed by atoms with Crippen molar-refractivity contribution < 1.29 is 19.2 Å². The first-order valence-corrected chi connectivity index (χ1v) is 6.98. The van der Waals surface area contributed by atoms with Gasteiger partial charge in [0, 0.05) is 13.3 Å². The number of amides is 4. The van der Waals surface area contributed by atoms with E-state index in [0.29, 0.717) is 0 Å². The molecule has 0 aromatic heterocycles. The number of benzene rings is 1. The quantitative estimate of drug-likeness (QED) is 0.466. The van der Waals surface area contributed by atoms with E-state index in [1.165, 1.54) is 6.92 Å². The van der Waals surface area contributed by atoms with E-state index in [1.807, 2.05) is 6.07 Å². The molecular weight excluding hydrogens is 300 g/mol. The minimum atomic E-state index is -1.15. The number of rotatable bonds is 8. The van der Waals surface area contributed by atoms with Gasteiger partial charge in [0.05, 0.1) is 6.42 Å². The second kappa shape index (κ2) is 8.52. The third-order valence-corrected chi connectivity index (χ3v) is 3.04. The second-order valence-corrected chi connectivity index (χ2v) is 5.08. The van der Waals surface area contributed by atoms with E-state index in [9.17, 15) is 19.2 Å². The molecule has 0 bridgehead atoms. The van der Waals surface area contributed by atoms with Crippen molar-refractivity contribution in [1.82, 2.24) is 10.6 Å². The number of nitrogens with two attached hydrogens (primary N) is 2. The molecule has 0 saturated carbocycles. The molecule has 124 valence electrons. The molecule has 0 spiro atoms. The largest absolute Gasteiger partial charge is 0.370 e. The highest BCUT2D eigenvalue weighted by molar-refractivity contribution is 5.94. The third kappa shape index (κ3) is 6.60. The zero-order chi connectivity index (χ0) is 17.4. The highest BCUT2D eigenvalue weighted by atomic mass is 16.2. The fourth-order valence-corrected chi connectivity index (χ4v) is 2.00. The maximum Gasteiger partial charge on any atom is 0.243 e. The van der Waals surface area contributed by atoms with Crippen molar-refractivity contribution in [2.24, 2.45) is 11.5 Å². The molecule has 0 aliphatic rings. The van der Waals surface area contributed by atoms with Crippen molar-refractivity contribution in [1.29, 1.82) is 0 Å². The third-order valence-electron chi connectivity index (χ3n) is 3.04. The van der Waals surface area contributed by atoms with Gasteiger partial charge in [0.1, 0.15) is 12.1 Å². The standard InChI is InChI=1S/C15H20N4O4/c1-9(20)18-12(8-13(16)21)15(23)19-11(14(17)22)7-10-5-3-2-4-6-10/h2-6,11-12H,7-8H2,1H3,(H2,16,21)(H2,17,22)(H,18,20)(H,19,23)/t11-,12-/m0/s1. The van der Waals surface area contributed by atoms with Crippen molar-refractivity contribution in [3.8, 4) is 0 Å². The lowest BCUT2D eigenvalue weighted by Crippen LogP contribution is -2.54. The molecule has 4 amide bonds. The van der Waals surface area contributed by atoms with Crippen LogP contribution in [0.4, 0.5) is 0 Å². The Hall–Kier alpha value is -2.90. The van der Waals surface area contributed by atoms with Gasteiger partial charge in [-0.25, -0.2) is 0 Å². The van der Waals surface area contributed by atoms with Crippen molar-refractivity contribution in [2.45, 2.75) is 31.8 Å². The van der Waals surface area contributed by atoms with Crippen LogP contribution in [0.5, 0.6) is 0 Å². The summed E-state index contributed by atoms with van der Waals surface area (Å²) in [5, 5.41) is 4.76. The summed E-state index contributed by atoms with van der Waals surface area (Å²) in [6.45, 7) is 1.21. The molecule has 0 saturated heterocycles. The number of carbonyl (C=O) groups is 4. The van der Waals surface area contributed by atoms with Crippen LogP contribution < -0.4 is 22.1 Å². The first kappa shape index (κ1) is 18.1. The van der Waals surface area contributed by atoms with Crippen LogP contribution in [0.15, 0.2) is 30.3 Å². The Labute approximate surface area is 133 Å². The van der Waals surface area contributed by atoms with Gasteiger partial charge in [0.25, 0.3) is 0 Å². The zero-order valence-corrected chi connectivity index (χ0v) is 12.7. The van der Waals surface area contributed by atoms with Gasteiger partial charge < -0.3 is 22.1 Å². The molecule has 8 nitrogen and oxygen atoms in total. The monoisotopic (exact) mass is 320 g/mol. The van der Waals surface area contributed by atoms with E-state index in [2.05, 4.69) is 10.6 Å². The van der Waals surface area contributed by atoms with Crippen LogP contribution in [0.3, 0.4) is 0 Å². The number of primary amides is 2. The van der Waals surface area contributed by atoms with Crippen molar-refractivity contribution in [2.75, 3.05) is 0 Å². The fourth-order valence-electron chi connectivity index (χ4n) is 2.00. The van der Waals surface area contributed by atoms with E-state index >= 15 is 0 Å². The van der Waals surface area contributed by atoms with Crippen LogP contribution in [0.1, 0.15) is 18.9 Å². The normalized spacial score (nSPS) is 12.7. The maximum absolute atomic E-state index is 12.2. The summed E-state index contributed by atoms with van der Waals surface area (Å²) < 4.78 is 0. The lowest BCUT2D eigenvalue weighted by molar-refractivity contribution is -0.132. The average Bonchev–Trinajstić information content (AvgIpc) is 2.45. The topological polar surface area (TPSA) is 144 Å². The molecule has 1 aromatic carbocycles. The smallest absolute Gasteiger partial charge is 0.243 e. The molecule has 23 heavy (non-hydrogen) atoms. The van der Waals surface area contributed by atoms with E-state index in [0.717, 1.165) is 5.56 Å². The molecular formula is C15H20N4O4. The van der Waals surface area contributed by atoms with Gasteiger partial charge in [-0.1, -0.05) is 30.3 Å². The number of nitrogens with one attached hydrogen (secondary N) is 2. The predicted molar refractivity (Wildman–Crippen MR) is 82.7 cm³/mol. The second-order valence-electron chi connectivity index (χ2n) is 5.08. The van der Waals surface area contributed by atoms with Crippen LogP contribution in [0, 0.1) is 0 Å². The molecule has 1 rings (SSSR count). The molecule has 0 fully saturated rings. The summed E-state index contributed by atoms with van der Waals surface area (Å²) in [7, 11) is 0. The molecule has 0 heterocycles. The predicted octanol–water partition coefficient (Wildman–Crippen LogP) is -1.42. The van der Waals surface area contributed by atoms with Crippen molar-refractivity contribution in [3.05, 3.63) is 35.9 Å². The molecule has 0 aliphatic carbocycles. The van der Waals surface area contributed by atoms with Gasteiger partial charge in [0.2, 0.25) is 23.6 Å². The average molecular weight is 320 g/mol. The summed E-state index contributed by atoms with van der Waals surface area (Å²) in [6.07, 6.45) is -0.173. The van der Waals surface area contributed by atoms with E-state index in [1.54, 1.807) is 24.3 Å². The van der Waals surface area contributed by atoms with E-state index < -0.39 is 35.7 Å². The van der Waals surface area contributed by atoms with Crippen molar-refractivity contribution in [3.63, 3.8) is 0 Å². The van der Waals surface area contributed by atoms with Gasteiger partial charge in [-0.05, 0) is 5.56 Å². The summed E-state index contributed by atoms with van der Waals surface area (Å²) in [6, 6.07) is 6.87. The SMILES string of the molecule is CC(=O)N[C@@H](CC(N)=O)C(=O)N[C@@H](Cc1ccccc1)C(N)=O. The van der Waals surface area contributed by atoms with Gasteiger partial charge >= 0.3 is 0 Å². The van der Waals surface area contributed by atoms with Gasteiger partial charge in [-0.15, -0.1) is 0 Å². The highest BCUT2D eigenvalue weighted by Gasteiger charge is 2.26. The Morgan fingerprint density at radius 2 is 1.61 bits per heavy atom. The molecule has 1 aromatic rings. The molecule has 8 heteroatoms. The lowest BCUT2D eigenvalue weighted by atomic mass is 10.0. The molecule has 6 N–H and O–H groups in total. The molecule has 0 radical (unpaired) electrons. The van der Waals surface area contributed by atoms with Gasteiger partial charge in [-0.3, -0.25) is 19.2 Å². The van der Waals surface area contributed by atoms with E-state index in [4.69, 9.17) is 11.5 Å². The van der Waals surface area contributed by atoms with Crippen LogP contribution in [0.2, 0.25) is 0 Å². The molecule has 0 unspecified atom stereocenters. The van der Waals surface area contributed by atoms with Crippen LogP contribution in [0.25, 0.3) is 0 Å². The van der Waals surface area contributed by atoms with Gasteiger partial charge in [0.15, 0.2) is 0 Å². The van der Waals surface area contributed by atoms with Crippen LogP contribution >= 0.6 is 0 Å². The lowest BCUT2D eigenvalue weighted by Gasteiger charge is -2.20. The Morgan fingerprint density at radius 1 is 1.00 bits per heavy atom. The number of hydrogen-bond donors (Lipinski definition) is 4. The molecule has 0 aliphatic heterocycles. The van der Waals surface area contributed by atoms with Gasteiger partial charge in [-0.2, -0.15) is 0 Å². The Kier molecular flexibility index (Phi) is 6.72. The molecule has 2 atom stereocenters. The fraction of sp³-hybridized carbons (Fsp3) is 0.333. The Bertz CT molecular complexity index is 572. The van der Waals surface area contributed by atoms with E-state index in [-0.39, 0.29) is 12.8 Å². The zero-order valence-electron chi connectivity index (χ0n) is 12.7. The summed E-state index contributed by atoms with van der Waals surface area (Å²) >= 11 is 0. The van der Waals surface area contributed by atoms with Crippen LogP contribution in [-0.4, -0.2) is 35.7 Å². The summed E-state index contributed by atoms with van der Waals surface area (Å²) in [5.41, 5.74) is 11.2. The first-order chi connectivity index (χ1) is 10.8. The highest BCUT2D eigenvalue weighted by Crippen LogP contribution is 2.04. The minimum absolute atomic E-state index is 0.200. The van der Waals surface area contributed by atoms with Crippen molar-refractivity contribution >= 4 is 23.6 Å². The Morgan fingerprint density at radius 3 is 2.09 bits per heavy atom. The van der Waals surface area contributed by atoms with Crippen LogP contribution in [-0.2, 0) is 25.6 Å². The number of hydrogen-bond acceptors (Lipinski definition) is 4. The summed E-state index contributed by atoms with van der Waals surface area (Å²) in [5.74, 6) is -2.66. The first-order valence-electron chi connectivity index (χ1n) is 6.98.